The highest BCUT2D eigenvalue weighted by Gasteiger charge is 2.16. The third kappa shape index (κ3) is 9.00. The largest absolute Gasteiger partial charge is 0.330 e. The molecule has 0 aromatic rings. The van der Waals surface area contributed by atoms with Crippen LogP contribution in [0.3, 0.4) is 0 Å². The van der Waals surface area contributed by atoms with E-state index in [0.29, 0.717) is 0 Å². The maximum absolute atomic E-state index is 5.59. The van der Waals surface area contributed by atoms with E-state index in [1.54, 1.807) is 0 Å². The Kier molecular flexibility index (Phi) is 11.4. The maximum atomic E-state index is 5.59. The molecule has 0 bridgehead atoms. The summed E-state index contributed by atoms with van der Waals surface area (Å²) in [5.41, 5.74) is 5.59. The van der Waals surface area contributed by atoms with Gasteiger partial charge in [0.25, 0.3) is 0 Å². The highest BCUT2D eigenvalue weighted by molar-refractivity contribution is 4.68. The predicted molar refractivity (Wildman–Crippen MR) is 91.0 cm³/mol. The second kappa shape index (κ2) is 12.7. The lowest BCUT2D eigenvalue weighted by molar-refractivity contribution is 0.273. The minimum Gasteiger partial charge on any atom is -0.330 e. The summed E-state index contributed by atoms with van der Waals surface area (Å²) in [6, 6.07) is 0. The van der Waals surface area contributed by atoms with E-state index >= 15 is 0 Å². The number of nitrogens with two attached hydrogens (primary N) is 1. The van der Waals surface area contributed by atoms with Crippen LogP contribution in [0.25, 0.3) is 0 Å². The average molecular weight is 282 g/mol. The molecule has 0 saturated heterocycles. The van der Waals surface area contributed by atoms with Gasteiger partial charge in [-0.25, -0.2) is 0 Å². The van der Waals surface area contributed by atoms with Crippen LogP contribution in [0.15, 0.2) is 0 Å². The van der Waals surface area contributed by atoms with E-state index in [4.69, 9.17) is 5.73 Å². The third-order valence-electron chi connectivity index (χ3n) is 5.32. The van der Waals surface area contributed by atoms with Crippen molar-refractivity contribution >= 4 is 0 Å². The van der Waals surface area contributed by atoms with E-state index in [1.165, 1.54) is 96.3 Å². The Balaban J connectivity index is 2.25. The first-order valence-corrected chi connectivity index (χ1v) is 9.54. The van der Waals surface area contributed by atoms with E-state index in [1.807, 2.05) is 0 Å². The Labute approximate surface area is 128 Å². The van der Waals surface area contributed by atoms with Crippen LogP contribution in [0.2, 0.25) is 0 Å². The van der Waals surface area contributed by atoms with Crippen molar-refractivity contribution in [2.75, 3.05) is 6.54 Å². The van der Waals surface area contributed by atoms with Crippen molar-refractivity contribution in [3.05, 3.63) is 0 Å². The molecule has 1 aliphatic rings. The van der Waals surface area contributed by atoms with Crippen molar-refractivity contribution in [2.24, 2.45) is 17.6 Å². The quantitative estimate of drug-likeness (QED) is 0.588. The molecule has 0 amide bonds. The van der Waals surface area contributed by atoms with Crippen LogP contribution < -0.4 is 5.73 Å². The Morgan fingerprint density at radius 1 is 0.750 bits per heavy atom. The van der Waals surface area contributed by atoms with Gasteiger partial charge in [-0.05, 0) is 24.8 Å². The van der Waals surface area contributed by atoms with Crippen molar-refractivity contribution < 1.29 is 0 Å². The molecule has 1 fully saturated rings. The Bertz CT molecular complexity index is 190. The summed E-state index contributed by atoms with van der Waals surface area (Å²) in [4.78, 5) is 0. The molecule has 0 aromatic heterocycles. The van der Waals surface area contributed by atoms with Crippen LogP contribution in [-0.2, 0) is 0 Å². The van der Waals surface area contributed by atoms with Gasteiger partial charge in [0, 0.05) is 0 Å². The number of hydrogen-bond donors (Lipinski definition) is 1. The van der Waals surface area contributed by atoms with E-state index in [9.17, 15) is 0 Å². The van der Waals surface area contributed by atoms with Gasteiger partial charge in [0.1, 0.15) is 0 Å². The SMILES string of the molecule is CC(CCCCCN)C1CCCCCCCCCCC1. The Morgan fingerprint density at radius 3 is 1.75 bits per heavy atom. The summed E-state index contributed by atoms with van der Waals surface area (Å²) in [5.74, 6) is 1.95. The number of rotatable bonds is 6. The Morgan fingerprint density at radius 2 is 1.25 bits per heavy atom. The summed E-state index contributed by atoms with van der Waals surface area (Å²) in [6.45, 7) is 3.39. The van der Waals surface area contributed by atoms with Gasteiger partial charge >= 0.3 is 0 Å². The zero-order valence-corrected chi connectivity index (χ0v) is 14.0. The van der Waals surface area contributed by atoms with Crippen molar-refractivity contribution in [2.45, 2.75) is 103 Å². The summed E-state index contributed by atoms with van der Waals surface area (Å²) in [7, 11) is 0. The standard InChI is InChI=1S/C19H39N/c1-18(14-10-9-13-17-20)19-15-11-7-5-3-2-4-6-8-12-16-19/h18-19H,2-17,20H2,1H3. The van der Waals surface area contributed by atoms with Crippen molar-refractivity contribution in [1.82, 2.24) is 0 Å². The molecule has 0 radical (unpaired) electrons. The first-order chi connectivity index (χ1) is 9.84. The van der Waals surface area contributed by atoms with Crippen molar-refractivity contribution in [1.29, 1.82) is 0 Å². The van der Waals surface area contributed by atoms with E-state index in [0.717, 1.165) is 18.4 Å². The molecular weight excluding hydrogens is 242 g/mol. The van der Waals surface area contributed by atoms with Crippen LogP contribution >= 0.6 is 0 Å². The summed E-state index contributed by atoms with van der Waals surface area (Å²) < 4.78 is 0. The minimum absolute atomic E-state index is 0.873. The van der Waals surface area contributed by atoms with Crippen LogP contribution in [-0.4, -0.2) is 6.54 Å². The molecule has 20 heavy (non-hydrogen) atoms. The van der Waals surface area contributed by atoms with E-state index in [2.05, 4.69) is 6.92 Å². The highest BCUT2D eigenvalue weighted by Crippen LogP contribution is 2.29. The molecule has 1 atom stereocenters. The molecular formula is C19H39N. The molecule has 0 spiro atoms. The second-order valence-corrected chi connectivity index (χ2v) is 7.13. The van der Waals surface area contributed by atoms with Crippen molar-refractivity contribution in [3.8, 4) is 0 Å². The number of unbranched alkanes of at least 4 members (excludes halogenated alkanes) is 2. The third-order valence-corrected chi connectivity index (χ3v) is 5.32. The summed E-state index contributed by atoms with van der Waals surface area (Å²) in [6.07, 6.45) is 21.7. The molecule has 1 rings (SSSR count). The maximum Gasteiger partial charge on any atom is -0.00773 e. The molecule has 0 aromatic carbocycles. The molecule has 1 saturated carbocycles. The lowest BCUT2D eigenvalue weighted by Crippen LogP contribution is -2.13. The lowest BCUT2D eigenvalue weighted by atomic mass is 9.81. The molecule has 1 nitrogen and oxygen atoms in total. The fraction of sp³-hybridized carbons (Fsp3) is 1.00. The Hall–Kier alpha value is -0.0400. The van der Waals surface area contributed by atoms with Gasteiger partial charge in [-0.15, -0.1) is 0 Å². The second-order valence-electron chi connectivity index (χ2n) is 7.13. The monoisotopic (exact) mass is 281 g/mol. The molecule has 0 aliphatic heterocycles. The minimum atomic E-state index is 0.873. The highest BCUT2D eigenvalue weighted by atomic mass is 14.5. The molecule has 1 heteroatoms. The molecule has 1 unspecified atom stereocenters. The molecule has 1 aliphatic carbocycles. The van der Waals surface area contributed by atoms with Gasteiger partial charge in [-0.3, -0.25) is 0 Å². The number of hydrogen-bond acceptors (Lipinski definition) is 1. The fourth-order valence-electron chi connectivity index (χ4n) is 3.79. The lowest BCUT2D eigenvalue weighted by Gasteiger charge is -2.24. The van der Waals surface area contributed by atoms with E-state index < -0.39 is 0 Å². The zero-order valence-electron chi connectivity index (χ0n) is 14.0. The molecule has 0 heterocycles. The first-order valence-electron chi connectivity index (χ1n) is 9.54. The van der Waals surface area contributed by atoms with Crippen LogP contribution in [0.5, 0.6) is 0 Å². The topological polar surface area (TPSA) is 26.0 Å². The predicted octanol–water partition coefficient (Wildman–Crippen LogP) is 6.06. The van der Waals surface area contributed by atoms with Crippen LogP contribution in [0.4, 0.5) is 0 Å². The van der Waals surface area contributed by atoms with Crippen molar-refractivity contribution in [3.63, 3.8) is 0 Å². The molecule has 120 valence electrons. The normalized spacial score (nSPS) is 21.9. The van der Waals surface area contributed by atoms with Gasteiger partial charge in [-0.1, -0.05) is 96.8 Å². The van der Waals surface area contributed by atoms with Crippen LogP contribution in [0, 0.1) is 11.8 Å². The van der Waals surface area contributed by atoms with Gasteiger partial charge in [0.05, 0.1) is 0 Å². The zero-order chi connectivity index (χ0) is 14.5. The van der Waals surface area contributed by atoms with Gasteiger partial charge in [0.15, 0.2) is 0 Å². The van der Waals surface area contributed by atoms with E-state index in [-0.39, 0.29) is 0 Å². The average Bonchev–Trinajstić information content (AvgIpc) is 2.44. The smallest absolute Gasteiger partial charge is 0.00773 e. The summed E-state index contributed by atoms with van der Waals surface area (Å²) in [5, 5.41) is 0. The van der Waals surface area contributed by atoms with Gasteiger partial charge < -0.3 is 5.73 Å². The summed E-state index contributed by atoms with van der Waals surface area (Å²) >= 11 is 0. The van der Waals surface area contributed by atoms with Gasteiger partial charge in [-0.2, -0.15) is 0 Å². The van der Waals surface area contributed by atoms with Crippen LogP contribution in [0.1, 0.15) is 103 Å². The first kappa shape index (κ1) is 18.0. The van der Waals surface area contributed by atoms with Gasteiger partial charge in [0.2, 0.25) is 0 Å². The fourth-order valence-corrected chi connectivity index (χ4v) is 3.79. The molecule has 2 N–H and O–H groups in total.